The van der Waals surface area contributed by atoms with E-state index in [4.69, 9.17) is 14.2 Å². The van der Waals surface area contributed by atoms with E-state index >= 15 is 0 Å². The lowest BCUT2D eigenvalue weighted by atomic mass is 10.2. The Hall–Kier alpha value is -3.24. The number of fused-ring (bicyclic) bond motifs is 1. The van der Waals surface area contributed by atoms with Gasteiger partial charge >= 0.3 is 0 Å². The highest BCUT2D eigenvalue weighted by Gasteiger charge is 2.25. The van der Waals surface area contributed by atoms with E-state index in [2.05, 4.69) is 20.4 Å². The standard InChI is InChI=1S/C23H25N5O4S/c1-16(21(29)24-14-17-7-8-19-20(13-17)32-15-31-19)33-23-26-25-22(27-9-11-30-12-10-27)28(23)18-5-3-2-4-6-18/h2-8,13,16H,9-12,14-15H2,1H3,(H,24,29). The van der Waals surface area contributed by atoms with Crippen LogP contribution in [-0.4, -0.2) is 59.0 Å². The van der Waals surface area contributed by atoms with Crippen LogP contribution in [0.1, 0.15) is 12.5 Å². The maximum absolute atomic E-state index is 12.8. The maximum Gasteiger partial charge on any atom is 0.233 e. The molecule has 0 aliphatic carbocycles. The number of thioether (sulfide) groups is 1. The Bertz CT molecular complexity index is 1120. The van der Waals surface area contributed by atoms with Gasteiger partial charge < -0.3 is 24.4 Å². The Morgan fingerprint density at radius 3 is 2.70 bits per heavy atom. The van der Waals surface area contributed by atoms with Crippen LogP contribution >= 0.6 is 11.8 Å². The molecule has 1 N–H and O–H groups in total. The monoisotopic (exact) mass is 467 g/mol. The predicted octanol–water partition coefficient (Wildman–Crippen LogP) is 2.63. The molecular formula is C23H25N5O4S. The summed E-state index contributed by atoms with van der Waals surface area (Å²) in [6.45, 7) is 5.32. The van der Waals surface area contributed by atoms with Gasteiger partial charge in [-0.1, -0.05) is 36.0 Å². The first-order chi connectivity index (χ1) is 16.2. The molecule has 1 amide bonds. The van der Waals surface area contributed by atoms with E-state index < -0.39 is 0 Å². The van der Waals surface area contributed by atoms with Crippen molar-refractivity contribution in [3.8, 4) is 17.2 Å². The number of ether oxygens (including phenoxy) is 3. The molecule has 10 heteroatoms. The third kappa shape index (κ3) is 4.76. The minimum Gasteiger partial charge on any atom is -0.454 e. The van der Waals surface area contributed by atoms with Gasteiger partial charge in [-0.15, -0.1) is 10.2 Å². The first-order valence-corrected chi connectivity index (χ1v) is 11.7. The van der Waals surface area contributed by atoms with Gasteiger partial charge in [-0.2, -0.15) is 0 Å². The molecule has 3 aromatic rings. The molecule has 5 rings (SSSR count). The quantitative estimate of drug-likeness (QED) is 0.531. The second-order valence-corrected chi connectivity index (χ2v) is 9.03. The summed E-state index contributed by atoms with van der Waals surface area (Å²) in [4.78, 5) is 15.0. The number of aromatic nitrogens is 3. The fraction of sp³-hybridized carbons (Fsp3) is 0.348. The Balaban J connectivity index is 1.29. The van der Waals surface area contributed by atoms with E-state index in [1.54, 1.807) is 0 Å². The summed E-state index contributed by atoms with van der Waals surface area (Å²) in [5.41, 5.74) is 1.91. The van der Waals surface area contributed by atoms with Crippen molar-refractivity contribution < 1.29 is 19.0 Å². The third-order valence-corrected chi connectivity index (χ3v) is 6.52. The number of hydrogen-bond acceptors (Lipinski definition) is 8. The maximum atomic E-state index is 12.8. The summed E-state index contributed by atoms with van der Waals surface area (Å²) in [6.07, 6.45) is 0. The summed E-state index contributed by atoms with van der Waals surface area (Å²) in [5.74, 6) is 2.12. The second kappa shape index (κ2) is 9.72. The molecular weight excluding hydrogens is 442 g/mol. The van der Waals surface area contributed by atoms with Gasteiger partial charge in [0.05, 0.1) is 24.2 Å². The van der Waals surface area contributed by atoms with Gasteiger partial charge in [-0.3, -0.25) is 9.36 Å². The van der Waals surface area contributed by atoms with Crippen molar-refractivity contribution in [1.29, 1.82) is 0 Å². The van der Waals surface area contributed by atoms with Crippen LogP contribution in [0.5, 0.6) is 11.5 Å². The smallest absolute Gasteiger partial charge is 0.233 e. The Morgan fingerprint density at radius 2 is 1.88 bits per heavy atom. The van der Waals surface area contributed by atoms with E-state index in [0.717, 1.165) is 36.0 Å². The van der Waals surface area contributed by atoms with Crippen molar-refractivity contribution in [3.63, 3.8) is 0 Å². The lowest BCUT2D eigenvalue weighted by Crippen LogP contribution is -2.38. The number of nitrogens with zero attached hydrogens (tertiary/aromatic N) is 4. The van der Waals surface area contributed by atoms with E-state index in [1.807, 2.05) is 60.0 Å². The molecule has 1 saturated heterocycles. The summed E-state index contributed by atoms with van der Waals surface area (Å²) >= 11 is 1.39. The number of para-hydroxylation sites is 1. The number of anilines is 1. The highest BCUT2D eigenvalue weighted by molar-refractivity contribution is 8.00. The first kappa shape index (κ1) is 21.6. The topological polar surface area (TPSA) is 90.7 Å². The van der Waals surface area contributed by atoms with Gasteiger partial charge in [-0.05, 0) is 36.8 Å². The van der Waals surface area contributed by atoms with E-state index in [0.29, 0.717) is 30.7 Å². The van der Waals surface area contributed by atoms with E-state index in [9.17, 15) is 4.79 Å². The predicted molar refractivity (Wildman–Crippen MR) is 124 cm³/mol. The zero-order chi connectivity index (χ0) is 22.6. The van der Waals surface area contributed by atoms with Crippen LogP contribution in [0.4, 0.5) is 5.95 Å². The van der Waals surface area contributed by atoms with Gasteiger partial charge in [0.15, 0.2) is 16.7 Å². The van der Waals surface area contributed by atoms with Gasteiger partial charge in [-0.25, -0.2) is 0 Å². The van der Waals surface area contributed by atoms with Crippen molar-refractivity contribution in [2.75, 3.05) is 38.0 Å². The number of hydrogen-bond donors (Lipinski definition) is 1. The van der Waals surface area contributed by atoms with Crippen molar-refractivity contribution in [2.24, 2.45) is 0 Å². The highest BCUT2D eigenvalue weighted by Crippen LogP contribution is 2.33. The molecule has 9 nitrogen and oxygen atoms in total. The molecule has 1 aromatic heterocycles. The van der Waals surface area contributed by atoms with Crippen LogP contribution in [-0.2, 0) is 16.1 Å². The molecule has 33 heavy (non-hydrogen) atoms. The van der Waals surface area contributed by atoms with Crippen molar-refractivity contribution >= 4 is 23.6 Å². The van der Waals surface area contributed by atoms with E-state index in [-0.39, 0.29) is 18.0 Å². The SMILES string of the molecule is CC(Sc1nnc(N2CCOCC2)n1-c1ccccc1)C(=O)NCc1ccc2c(c1)OCO2. The number of rotatable bonds is 7. The zero-order valence-electron chi connectivity index (χ0n) is 18.3. The molecule has 172 valence electrons. The molecule has 0 bridgehead atoms. The lowest BCUT2D eigenvalue weighted by molar-refractivity contribution is -0.120. The molecule has 0 radical (unpaired) electrons. The molecule has 1 fully saturated rings. The third-order valence-electron chi connectivity index (χ3n) is 5.48. The van der Waals surface area contributed by atoms with Crippen LogP contribution in [0, 0.1) is 0 Å². The summed E-state index contributed by atoms with van der Waals surface area (Å²) < 4.78 is 18.2. The number of nitrogens with one attached hydrogen (secondary N) is 1. The van der Waals surface area contributed by atoms with Gasteiger partial charge in [0, 0.05) is 19.6 Å². The van der Waals surface area contributed by atoms with Crippen LogP contribution in [0.25, 0.3) is 5.69 Å². The van der Waals surface area contributed by atoms with Crippen molar-refractivity contribution in [1.82, 2.24) is 20.1 Å². The number of benzene rings is 2. The first-order valence-electron chi connectivity index (χ1n) is 10.9. The molecule has 0 saturated carbocycles. The molecule has 2 aliphatic rings. The average molecular weight is 468 g/mol. The van der Waals surface area contributed by atoms with Crippen LogP contribution in [0.15, 0.2) is 53.7 Å². The molecule has 2 aliphatic heterocycles. The van der Waals surface area contributed by atoms with Crippen molar-refractivity contribution in [2.45, 2.75) is 23.9 Å². The van der Waals surface area contributed by atoms with Crippen molar-refractivity contribution in [3.05, 3.63) is 54.1 Å². The molecule has 1 unspecified atom stereocenters. The minimum atomic E-state index is -0.358. The normalized spacial score (nSPS) is 16.0. The Labute approximate surface area is 196 Å². The van der Waals surface area contributed by atoms with Gasteiger partial charge in [0.2, 0.25) is 18.6 Å². The van der Waals surface area contributed by atoms with Crippen LogP contribution < -0.4 is 19.7 Å². The number of amides is 1. The fourth-order valence-corrected chi connectivity index (χ4v) is 4.59. The van der Waals surface area contributed by atoms with Crippen LogP contribution in [0.2, 0.25) is 0 Å². The lowest BCUT2D eigenvalue weighted by Gasteiger charge is -2.28. The molecule has 2 aromatic carbocycles. The zero-order valence-corrected chi connectivity index (χ0v) is 19.1. The highest BCUT2D eigenvalue weighted by atomic mass is 32.2. The number of carbonyl (C=O) groups is 1. The summed E-state index contributed by atoms with van der Waals surface area (Å²) in [5, 5.41) is 12.2. The Morgan fingerprint density at radius 1 is 1.09 bits per heavy atom. The average Bonchev–Trinajstić information content (AvgIpc) is 3.50. The van der Waals surface area contributed by atoms with Gasteiger partial charge in [0.1, 0.15) is 0 Å². The number of morpholine rings is 1. The summed E-state index contributed by atoms with van der Waals surface area (Å²) in [6, 6.07) is 15.6. The Kier molecular flexibility index (Phi) is 6.36. The summed E-state index contributed by atoms with van der Waals surface area (Å²) in [7, 11) is 0. The fourth-order valence-electron chi connectivity index (χ4n) is 3.71. The molecule has 0 spiro atoms. The second-order valence-electron chi connectivity index (χ2n) is 7.72. The minimum absolute atomic E-state index is 0.0757. The molecule has 1 atom stereocenters. The molecule has 3 heterocycles. The van der Waals surface area contributed by atoms with E-state index in [1.165, 1.54) is 11.8 Å². The van der Waals surface area contributed by atoms with Crippen LogP contribution in [0.3, 0.4) is 0 Å². The largest absolute Gasteiger partial charge is 0.454 e. The van der Waals surface area contributed by atoms with Gasteiger partial charge in [0.25, 0.3) is 0 Å². The number of carbonyl (C=O) groups excluding carboxylic acids is 1.